The molecule has 2 heterocycles. The lowest BCUT2D eigenvalue weighted by atomic mass is 9.70. The predicted octanol–water partition coefficient (Wildman–Crippen LogP) is 5.40. The highest BCUT2D eigenvalue weighted by atomic mass is 16.6. The summed E-state index contributed by atoms with van der Waals surface area (Å²) < 4.78 is 0. The number of allylic oxidation sites excluding steroid dienone is 4. The molecule has 0 saturated carbocycles. The van der Waals surface area contributed by atoms with E-state index in [4.69, 9.17) is 0 Å². The summed E-state index contributed by atoms with van der Waals surface area (Å²) in [6.07, 6.45) is 10.5. The zero-order chi connectivity index (χ0) is 21.3. The Morgan fingerprint density at radius 1 is 0.871 bits per heavy atom. The molecule has 7 heteroatoms. The fraction of sp³-hybridized carbons (Fsp3) is 0.333. The summed E-state index contributed by atoms with van der Waals surface area (Å²) in [5.74, 6) is 0.846. The molecule has 2 aromatic carbocycles. The van der Waals surface area contributed by atoms with Crippen molar-refractivity contribution in [2.75, 3.05) is 11.4 Å². The van der Waals surface area contributed by atoms with Gasteiger partial charge in [-0.1, -0.05) is 36.4 Å². The van der Waals surface area contributed by atoms with Crippen LogP contribution in [0.15, 0.2) is 60.7 Å². The Morgan fingerprint density at radius 2 is 1.58 bits per heavy atom. The standard InChI is InChI=1S/C24H21N3O4/c28-26(29)16-6-1-4-14(10-16)23-20-9-3-8-19(20)22-12-17(27(30)31)11-21-18-7-2-5-15(18)13-25(23)24(21)22/h1-4,6-8,10-12,15,18-20,23H,5,9,13H2/t15-,18+,19-,20+,23+/m0/s1. The number of benzene rings is 2. The number of hydrogen-bond donors (Lipinski definition) is 0. The molecule has 5 atom stereocenters. The smallest absolute Gasteiger partial charge is 0.270 e. The molecule has 0 amide bonds. The van der Waals surface area contributed by atoms with E-state index in [9.17, 15) is 20.2 Å². The number of hydrogen-bond acceptors (Lipinski definition) is 5. The van der Waals surface area contributed by atoms with Crippen LogP contribution >= 0.6 is 0 Å². The predicted molar refractivity (Wildman–Crippen MR) is 116 cm³/mol. The monoisotopic (exact) mass is 415 g/mol. The number of rotatable bonds is 3. The first-order valence-electron chi connectivity index (χ1n) is 10.7. The van der Waals surface area contributed by atoms with Crippen LogP contribution in [0.1, 0.15) is 47.4 Å². The molecule has 0 bridgehead atoms. The van der Waals surface area contributed by atoms with Crippen molar-refractivity contribution in [1.29, 1.82) is 0 Å². The van der Waals surface area contributed by atoms with Crippen LogP contribution in [0.3, 0.4) is 0 Å². The number of anilines is 1. The highest BCUT2D eigenvalue weighted by molar-refractivity contribution is 5.72. The zero-order valence-corrected chi connectivity index (χ0v) is 16.8. The summed E-state index contributed by atoms with van der Waals surface area (Å²) in [4.78, 5) is 24.9. The third kappa shape index (κ3) is 2.59. The van der Waals surface area contributed by atoms with E-state index < -0.39 is 0 Å². The van der Waals surface area contributed by atoms with E-state index in [-0.39, 0.29) is 45.0 Å². The zero-order valence-electron chi connectivity index (χ0n) is 16.8. The average molecular weight is 415 g/mol. The minimum absolute atomic E-state index is 0.00848. The number of fused-ring (bicyclic) bond motifs is 4. The van der Waals surface area contributed by atoms with E-state index in [1.54, 1.807) is 24.3 Å². The van der Waals surface area contributed by atoms with Crippen LogP contribution in [0.5, 0.6) is 0 Å². The Hall–Kier alpha value is -3.48. The van der Waals surface area contributed by atoms with Crippen molar-refractivity contribution < 1.29 is 9.85 Å². The third-order valence-corrected chi connectivity index (χ3v) is 7.47. The first-order chi connectivity index (χ1) is 15.0. The molecule has 31 heavy (non-hydrogen) atoms. The fourth-order valence-corrected chi connectivity index (χ4v) is 6.27. The Kier molecular flexibility index (Phi) is 3.84. The van der Waals surface area contributed by atoms with Crippen molar-refractivity contribution in [3.63, 3.8) is 0 Å². The molecule has 2 aromatic rings. The van der Waals surface area contributed by atoms with Crippen molar-refractivity contribution in [3.05, 3.63) is 97.6 Å². The van der Waals surface area contributed by atoms with Gasteiger partial charge in [0.2, 0.25) is 0 Å². The summed E-state index contributed by atoms with van der Waals surface area (Å²) in [6, 6.07) is 10.5. The van der Waals surface area contributed by atoms with E-state index in [0.717, 1.165) is 41.8 Å². The van der Waals surface area contributed by atoms with Gasteiger partial charge in [0, 0.05) is 48.3 Å². The maximum absolute atomic E-state index is 11.7. The third-order valence-electron chi connectivity index (χ3n) is 7.47. The molecule has 0 saturated heterocycles. The van der Waals surface area contributed by atoms with Gasteiger partial charge in [-0.25, -0.2) is 0 Å². The van der Waals surface area contributed by atoms with Crippen LogP contribution in [0.25, 0.3) is 0 Å². The first kappa shape index (κ1) is 18.3. The van der Waals surface area contributed by atoms with E-state index >= 15 is 0 Å². The van der Waals surface area contributed by atoms with Crippen molar-refractivity contribution in [3.8, 4) is 0 Å². The Morgan fingerprint density at radius 3 is 2.35 bits per heavy atom. The Labute approximate surface area is 179 Å². The minimum atomic E-state index is -0.341. The largest absolute Gasteiger partial charge is 0.363 e. The van der Waals surface area contributed by atoms with Crippen LogP contribution in [0.2, 0.25) is 0 Å². The fourth-order valence-electron chi connectivity index (χ4n) is 6.27. The Bertz CT molecular complexity index is 1170. The van der Waals surface area contributed by atoms with Gasteiger partial charge in [0.05, 0.1) is 15.9 Å². The number of nitro benzene ring substituents is 2. The second kappa shape index (κ2) is 6.51. The molecule has 0 aromatic heterocycles. The molecule has 0 spiro atoms. The topological polar surface area (TPSA) is 89.5 Å². The molecule has 2 aliphatic heterocycles. The summed E-state index contributed by atoms with van der Waals surface area (Å²) >= 11 is 0. The summed E-state index contributed by atoms with van der Waals surface area (Å²) in [5, 5.41) is 23.2. The number of nitrogens with zero attached hydrogens (tertiary/aromatic N) is 3. The lowest BCUT2D eigenvalue weighted by Crippen LogP contribution is -2.46. The van der Waals surface area contributed by atoms with Gasteiger partial charge in [0.15, 0.2) is 0 Å². The lowest BCUT2D eigenvalue weighted by molar-refractivity contribution is -0.385. The van der Waals surface area contributed by atoms with Crippen LogP contribution in [0.4, 0.5) is 17.1 Å². The van der Waals surface area contributed by atoms with E-state index in [1.807, 2.05) is 6.07 Å². The molecule has 6 rings (SSSR count). The molecule has 2 aliphatic carbocycles. The molecular formula is C24H21N3O4. The average Bonchev–Trinajstić information content (AvgIpc) is 3.43. The molecule has 4 aliphatic rings. The van der Waals surface area contributed by atoms with Crippen LogP contribution in [-0.2, 0) is 0 Å². The molecule has 156 valence electrons. The van der Waals surface area contributed by atoms with Crippen LogP contribution in [-0.4, -0.2) is 16.4 Å². The van der Waals surface area contributed by atoms with Gasteiger partial charge in [-0.15, -0.1) is 0 Å². The second-order valence-electron chi connectivity index (χ2n) is 8.98. The van der Waals surface area contributed by atoms with Gasteiger partial charge < -0.3 is 4.90 Å². The maximum atomic E-state index is 11.7. The van der Waals surface area contributed by atoms with E-state index in [1.165, 1.54) is 6.07 Å². The first-order valence-corrected chi connectivity index (χ1v) is 10.7. The van der Waals surface area contributed by atoms with E-state index in [0.29, 0.717) is 5.92 Å². The van der Waals surface area contributed by atoms with Gasteiger partial charge in [-0.2, -0.15) is 0 Å². The molecule has 0 fully saturated rings. The molecule has 0 unspecified atom stereocenters. The second-order valence-corrected chi connectivity index (χ2v) is 8.98. The van der Waals surface area contributed by atoms with Crippen LogP contribution < -0.4 is 4.90 Å². The highest BCUT2D eigenvalue weighted by Gasteiger charge is 2.48. The number of non-ortho nitro benzene ring substituents is 2. The Balaban J connectivity index is 1.58. The van der Waals surface area contributed by atoms with Crippen molar-refractivity contribution in [2.24, 2.45) is 11.8 Å². The van der Waals surface area contributed by atoms with Crippen molar-refractivity contribution >= 4 is 17.1 Å². The molecule has 7 nitrogen and oxygen atoms in total. The molecular weight excluding hydrogens is 394 g/mol. The highest BCUT2D eigenvalue weighted by Crippen LogP contribution is 2.59. The van der Waals surface area contributed by atoms with Gasteiger partial charge in [-0.05, 0) is 41.4 Å². The van der Waals surface area contributed by atoms with Gasteiger partial charge in [-0.3, -0.25) is 20.2 Å². The molecule has 0 radical (unpaired) electrons. The minimum Gasteiger partial charge on any atom is -0.363 e. The quantitative estimate of drug-likeness (QED) is 0.380. The number of nitro groups is 2. The molecule has 0 N–H and O–H groups in total. The van der Waals surface area contributed by atoms with Crippen molar-refractivity contribution in [2.45, 2.75) is 30.7 Å². The lowest BCUT2D eigenvalue weighted by Gasteiger charge is -2.51. The van der Waals surface area contributed by atoms with Gasteiger partial charge in [0.1, 0.15) is 0 Å². The van der Waals surface area contributed by atoms with Gasteiger partial charge in [0.25, 0.3) is 11.4 Å². The van der Waals surface area contributed by atoms with Crippen molar-refractivity contribution in [1.82, 2.24) is 0 Å². The summed E-state index contributed by atoms with van der Waals surface area (Å²) in [5.41, 5.74) is 4.37. The maximum Gasteiger partial charge on any atom is 0.270 e. The van der Waals surface area contributed by atoms with E-state index in [2.05, 4.69) is 29.2 Å². The summed E-state index contributed by atoms with van der Waals surface area (Å²) in [6.45, 7) is 0.853. The van der Waals surface area contributed by atoms with Gasteiger partial charge >= 0.3 is 0 Å². The summed E-state index contributed by atoms with van der Waals surface area (Å²) in [7, 11) is 0. The SMILES string of the molecule is O=[N+]([O-])c1cccc([C@@H]2[C@@H]3CC=C[C@@H]3c3cc([N+](=O)[O-])cc4c3N2C[C@@H]2CC=C[C@@H]42)c1. The van der Waals surface area contributed by atoms with Crippen LogP contribution in [0, 0.1) is 32.1 Å². The normalized spacial score (nSPS) is 29.4.